The molecule has 1 aliphatic heterocycles. The van der Waals surface area contributed by atoms with Crippen molar-refractivity contribution in [3.05, 3.63) is 28.2 Å². The molecule has 104 valence electrons. The Kier molecular flexibility index (Phi) is 5.31. The van der Waals surface area contributed by atoms with Crippen LogP contribution in [0.25, 0.3) is 0 Å². The van der Waals surface area contributed by atoms with Crippen LogP contribution in [0.1, 0.15) is 12.8 Å². The zero-order valence-corrected chi connectivity index (χ0v) is 11.9. The Balaban J connectivity index is 1.77. The maximum Gasteiger partial charge on any atom is 0.258 e. The first-order valence-electron chi connectivity index (χ1n) is 6.23. The van der Waals surface area contributed by atoms with Gasteiger partial charge in [-0.3, -0.25) is 4.79 Å². The van der Waals surface area contributed by atoms with Gasteiger partial charge < -0.3 is 15.4 Å². The van der Waals surface area contributed by atoms with Gasteiger partial charge in [0.15, 0.2) is 6.61 Å². The predicted octanol–water partition coefficient (Wildman–Crippen LogP) is 2.24. The van der Waals surface area contributed by atoms with Crippen LogP contribution in [0, 0.1) is 0 Å². The van der Waals surface area contributed by atoms with Crippen molar-refractivity contribution in [2.45, 2.75) is 18.9 Å². The molecule has 1 amide bonds. The van der Waals surface area contributed by atoms with Crippen molar-refractivity contribution in [1.82, 2.24) is 10.6 Å². The van der Waals surface area contributed by atoms with Crippen LogP contribution in [0.4, 0.5) is 0 Å². The summed E-state index contributed by atoms with van der Waals surface area (Å²) in [5.41, 5.74) is 0. The van der Waals surface area contributed by atoms with E-state index in [-0.39, 0.29) is 18.6 Å². The molecule has 1 aliphatic rings. The fraction of sp³-hybridized carbons (Fsp3) is 0.462. The maximum absolute atomic E-state index is 11.7. The topological polar surface area (TPSA) is 50.4 Å². The number of hydrogen-bond donors (Lipinski definition) is 2. The number of nitrogens with one attached hydrogen (secondary N) is 2. The minimum atomic E-state index is -0.113. The minimum absolute atomic E-state index is 0.0120. The zero-order chi connectivity index (χ0) is 13.7. The molecule has 1 aromatic rings. The molecule has 1 saturated heterocycles. The Hall–Kier alpha value is -0.970. The van der Waals surface area contributed by atoms with Gasteiger partial charge in [-0.25, -0.2) is 0 Å². The third kappa shape index (κ3) is 4.56. The summed E-state index contributed by atoms with van der Waals surface area (Å²) < 4.78 is 5.37. The Labute approximate surface area is 122 Å². The first-order valence-corrected chi connectivity index (χ1v) is 6.98. The average Bonchev–Trinajstić information content (AvgIpc) is 2.41. The van der Waals surface area contributed by atoms with Gasteiger partial charge in [-0.2, -0.15) is 0 Å². The standard InChI is InChI=1S/C13H16Cl2N2O2/c14-11-2-1-10(7-12(11)15)19-8-13(18)17-9-3-5-16-6-4-9/h1-2,7,9,16H,3-6,8H2,(H,17,18). The molecule has 0 radical (unpaired) electrons. The fourth-order valence-corrected chi connectivity index (χ4v) is 2.24. The number of halogens is 2. The Morgan fingerprint density at radius 1 is 1.32 bits per heavy atom. The van der Waals surface area contributed by atoms with E-state index in [0.717, 1.165) is 25.9 Å². The monoisotopic (exact) mass is 302 g/mol. The number of rotatable bonds is 4. The van der Waals surface area contributed by atoms with Crippen LogP contribution in [0.3, 0.4) is 0 Å². The van der Waals surface area contributed by atoms with Gasteiger partial charge in [0.05, 0.1) is 10.0 Å². The van der Waals surface area contributed by atoms with Gasteiger partial charge >= 0.3 is 0 Å². The molecule has 6 heteroatoms. The molecule has 2 N–H and O–H groups in total. The van der Waals surface area contributed by atoms with Crippen LogP contribution in [0.2, 0.25) is 10.0 Å². The van der Waals surface area contributed by atoms with Gasteiger partial charge in [-0.15, -0.1) is 0 Å². The highest BCUT2D eigenvalue weighted by Gasteiger charge is 2.15. The van der Waals surface area contributed by atoms with Gasteiger partial charge in [0.1, 0.15) is 5.75 Å². The number of carbonyl (C=O) groups excluding carboxylic acids is 1. The van der Waals surface area contributed by atoms with E-state index in [1.165, 1.54) is 0 Å². The largest absolute Gasteiger partial charge is 0.484 e. The lowest BCUT2D eigenvalue weighted by Crippen LogP contribution is -2.44. The van der Waals surface area contributed by atoms with Crippen molar-refractivity contribution in [1.29, 1.82) is 0 Å². The number of ether oxygens (including phenoxy) is 1. The number of benzene rings is 1. The smallest absolute Gasteiger partial charge is 0.258 e. The molecule has 0 unspecified atom stereocenters. The quantitative estimate of drug-likeness (QED) is 0.897. The van der Waals surface area contributed by atoms with Gasteiger partial charge in [-0.05, 0) is 38.1 Å². The second-order valence-electron chi connectivity index (χ2n) is 4.46. The Bertz CT molecular complexity index is 448. The van der Waals surface area contributed by atoms with Crippen molar-refractivity contribution >= 4 is 29.1 Å². The molecule has 0 aromatic heterocycles. The second kappa shape index (κ2) is 6.98. The molecule has 0 atom stereocenters. The third-order valence-corrected chi connectivity index (χ3v) is 3.70. The summed E-state index contributed by atoms with van der Waals surface area (Å²) >= 11 is 11.7. The van der Waals surface area contributed by atoms with Gasteiger partial charge in [0.25, 0.3) is 5.91 Å². The summed E-state index contributed by atoms with van der Waals surface area (Å²) in [4.78, 5) is 11.7. The van der Waals surface area contributed by atoms with E-state index in [4.69, 9.17) is 27.9 Å². The number of carbonyl (C=O) groups is 1. The first-order chi connectivity index (χ1) is 9.15. The molecule has 2 rings (SSSR count). The Morgan fingerprint density at radius 2 is 2.05 bits per heavy atom. The van der Waals surface area contributed by atoms with E-state index in [1.807, 2.05) is 0 Å². The lowest BCUT2D eigenvalue weighted by Gasteiger charge is -2.23. The van der Waals surface area contributed by atoms with E-state index in [2.05, 4.69) is 10.6 Å². The van der Waals surface area contributed by atoms with Gasteiger partial charge in [0, 0.05) is 12.1 Å². The van der Waals surface area contributed by atoms with E-state index in [9.17, 15) is 4.79 Å². The van der Waals surface area contributed by atoms with E-state index in [0.29, 0.717) is 15.8 Å². The molecule has 1 aromatic carbocycles. The van der Waals surface area contributed by atoms with Crippen LogP contribution in [0.15, 0.2) is 18.2 Å². The summed E-state index contributed by atoms with van der Waals surface area (Å²) in [6.07, 6.45) is 1.91. The highest BCUT2D eigenvalue weighted by molar-refractivity contribution is 6.42. The number of piperidine rings is 1. The summed E-state index contributed by atoms with van der Waals surface area (Å²) in [5, 5.41) is 7.08. The van der Waals surface area contributed by atoms with Gasteiger partial charge in [0.2, 0.25) is 0 Å². The molecular formula is C13H16Cl2N2O2. The molecule has 1 heterocycles. The van der Waals surface area contributed by atoms with Crippen LogP contribution in [0.5, 0.6) is 5.75 Å². The lowest BCUT2D eigenvalue weighted by molar-refractivity contribution is -0.123. The van der Waals surface area contributed by atoms with Crippen LogP contribution in [-0.4, -0.2) is 31.6 Å². The summed E-state index contributed by atoms with van der Waals surface area (Å²) in [5.74, 6) is 0.424. The molecule has 0 bridgehead atoms. The summed E-state index contributed by atoms with van der Waals surface area (Å²) in [6, 6.07) is 5.17. The van der Waals surface area contributed by atoms with Crippen LogP contribution >= 0.6 is 23.2 Å². The normalized spacial score (nSPS) is 16.1. The lowest BCUT2D eigenvalue weighted by atomic mass is 10.1. The van der Waals surface area contributed by atoms with Crippen molar-refractivity contribution in [2.24, 2.45) is 0 Å². The van der Waals surface area contributed by atoms with Crippen molar-refractivity contribution in [2.75, 3.05) is 19.7 Å². The predicted molar refractivity (Wildman–Crippen MR) is 76.0 cm³/mol. The van der Waals surface area contributed by atoms with Crippen LogP contribution in [-0.2, 0) is 4.79 Å². The van der Waals surface area contributed by atoms with E-state index in [1.54, 1.807) is 18.2 Å². The molecule has 1 fully saturated rings. The summed E-state index contributed by atoms with van der Waals surface area (Å²) in [6.45, 7) is 1.87. The van der Waals surface area contributed by atoms with E-state index >= 15 is 0 Å². The minimum Gasteiger partial charge on any atom is -0.484 e. The van der Waals surface area contributed by atoms with Crippen molar-refractivity contribution < 1.29 is 9.53 Å². The highest BCUT2D eigenvalue weighted by atomic mass is 35.5. The molecule has 19 heavy (non-hydrogen) atoms. The molecule has 4 nitrogen and oxygen atoms in total. The van der Waals surface area contributed by atoms with Crippen molar-refractivity contribution in [3.8, 4) is 5.75 Å². The first kappa shape index (κ1) is 14.4. The number of hydrogen-bond acceptors (Lipinski definition) is 3. The van der Waals surface area contributed by atoms with Crippen LogP contribution < -0.4 is 15.4 Å². The average molecular weight is 303 g/mol. The maximum atomic E-state index is 11.7. The Morgan fingerprint density at radius 3 is 2.74 bits per heavy atom. The number of amides is 1. The van der Waals surface area contributed by atoms with E-state index < -0.39 is 0 Å². The summed E-state index contributed by atoms with van der Waals surface area (Å²) in [7, 11) is 0. The third-order valence-electron chi connectivity index (χ3n) is 2.97. The van der Waals surface area contributed by atoms with Crippen molar-refractivity contribution in [3.63, 3.8) is 0 Å². The second-order valence-corrected chi connectivity index (χ2v) is 5.27. The zero-order valence-electron chi connectivity index (χ0n) is 10.4. The SMILES string of the molecule is O=C(COc1ccc(Cl)c(Cl)c1)NC1CCNCC1. The van der Waals surface area contributed by atoms with Gasteiger partial charge in [-0.1, -0.05) is 23.2 Å². The molecule has 0 saturated carbocycles. The molecule has 0 spiro atoms. The highest BCUT2D eigenvalue weighted by Crippen LogP contribution is 2.26. The molecule has 0 aliphatic carbocycles. The fourth-order valence-electron chi connectivity index (χ4n) is 1.95. The molecular weight excluding hydrogens is 287 g/mol.